The van der Waals surface area contributed by atoms with Crippen molar-refractivity contribution in [2.75, 3.05) is 0 Å². The maximum atomic E-state index is 11.3. The van der Waals surface area contributed by atoms with Crippen LogP contribution < -0.4 is 0 Å². The predicted molar refractivity (Wildman–Crippen MR) is 180 cm³/mol. The van der Waals surface area contributed by atoms with Crippen molar-refractivity contribution in [3.8, 4) is 11.5 Å². The Morgan fingerprint density at radius 2 is 0.875 bits per heavy atom. The van der Waals surface area contributed by atoms with Gasteiger partial charge in [-0.25, -0.2) is 0 Å². The quantitative estimate of drug-likeness (QED) is 0.354. The van der Waals surface area contributed by atoms with E-state index in [1.807, 2.05) is 23.5 Å². The summed E-state index contributed by atoms with van der Waals surface area (Å²) in [6.07, 6.45) is 4.98. The Kier molecular flexibility index (Phi) is 10.1. The van der Waals surface area contributed by atoms with Crippen molar-refractivity contribution in [1.82, 2.24) is 0 Å². The molecular weight excluding hydrogens is 529 g/mol. The zero-order valence-electron chi connectivity index (χ0n) is 27.4. The number of aromatic hydroxyl groups is 2. The third-order valence-corrected chi connectivity index (χ3v) is 11.4. The van der Waals surface area contributed by atoms with Gasteiger partial charge in [0.15, 0.2) is 0 Å². The molecule has 2 atom stereocenters. The van der Waals surface area contributed by atoms with E-state index in [1.54, 1.807) is 0 Å². The zero-order valence-corrected chi connectivity index (χ0v) is 29.1. The van der Waals surface area contributed by atoms with Gasteiger partial charge in [0.2, 0.25) is 0 Å². The van der Waals surface area contributed by atoms with E-state index >= 15 is 0 Å². The van der Waals surface area contributed by atoms with Crippen LogP contribution in [0.1, 0.15) is 142 Å². The lowest BCUT2D eigenvalue weighted by Gasteiger charge is -2.32. The van der Waals surface area contributed by atoms with Crippen molar-refractivity contribution in [2.24, 2.45) is 0 Å². The highest BCUT2D eigenvalue weighted by molar-refractivity contribution is 8.03. The van der Waals surface area contributed by atoms with E-state index in [4.69, 9.17) is 0 Å². The Labute approximate surface area is 254 Å². The fourth-order valence-electron chi connectivity index (χ4n) is 5.46. The van der Waals surface area contributed by atoms with E-state index in [2.05, 4.69) is 107 Å². The van der Waals surface area contributed by atoms with Crippen molar-refractivity contribution < 1.29 is 10.2 Å². The molecule has 0 bridgehead atoms. The largest absolute Gasteiger partial charge is 0.507 e. The van der Waals surface area contributed by atoms with E-state index < -0.39 is 0 Å². The minimum absolute atomic E-state index is 0.0336. The average Bonchev–Trinajstić information content (AvgIpc) is 2.80. The molecule has 224 valence electrons. The maximum Gasteiger partial charge on any atom is 0.123 e. The second-order valence-electron chi connectivity index (χ2n) is 16.0. The van der Waals surface area contributed by atoms with Crippen LogP contribution in [-0.2, 0) is 33.2 Å². The van der Waals surface area contributed by atoms with Gasteiger partial charge in [-0.15, -0.1) is 0 Å². The second kappa shape index (κ2) is 12.2. The molecule has 0 aliphatic heterocycles. The van der Waals surface area contributed by atoms with Crippen LogP contribution in [0.5, 0.6) is 11.5 Å². The van der Waals surface area contributed by atoms with Gasteiger partial charge in [0.05, 0.1) is 0 Å². The van der Waals surface area contributed by atoms with E-state index in [-0.39, 0.29) is 21.7 Å². The van der Waals surface area contributed by atoms with Crippen molar-refractivity contribution in [2.45, 2.75) is 152 Å². The molecule has 0 heterocycles. The molecule has 0 amide bonds. The fourth-order valence-corrected chi connectivity index (χ4v) is 8.52. The third kappa shape index (κ3) is 8.18. The average molecular weight is 585 g/mol. The highest BCUT2D eigenvalue weighted by Gasteiger charge is 2.30. The van der Waals surface area contributed by atoms with Gasteiger partial charge in [-0.2, -0.15) is 23.5 Å². The Hall–Kier alpha value is -1.26. The number of rotatable bonds is 6. The smallest absolute Gasteiger partial charge is 0.123 e. The van der Waals surface area contributed by atoms with Gasteiger partial charge in [0.1, 0.15) is 11.5 Å². The molecule has 2 nitrogen and oxygen atoms in total. The maximum absolute atomic E-state index is 11.3. The molecule has 1 saturated carbocycles. The van der Waals surface area contributed by atoms with Gasteiger partial charge in [0, 0.05) is 33.1 Å². The van der Waals surface area contributed by atoms with Crippen LogP contribution in [0.3, 0.4) is 0 Å². The molecule has 2 aromatic rings. The van der Waals surface area contributed by atoms with Crippen LogP contribution in [0.4, 0.5) is 0 Å². The van der Waals surface area contributed by atoms with Crippen LogP contribution in [0.15, 0.2) is 24.3 Å². The zero-order chi connectivity index (χ0) is 30.3. The first-order valence-electron chi connectivity index (χ1n) is 15.2. The first-order valence-corrected chi connectivity index (χ1v) is 17.3. The molecule has 40 heavy (non-hydrogen) atoms. The van der Waals surface area contributed by atoms with Crippen LogP contribution in [-0.4, -0.2) is 20.7 Å². The van der Waals surface area contributed by atoms with Crippen molar-refractivity contribution >= 4 is 23.5 Å². The summed E-state index contributed by atoms with van der Waals surface area (Å²) in [5, 5.41) is 23.8. The number of thioether (sulfide) groups is 2. The number of hydrogen-bond donors (Lipinski definition) is 2. The number of benzene rings is 2. The molecular formula is C36H56O2S2. The van der Waals surface area contributed by atoms with Gasteiger partial charge in [-0.05, 0) is 56.8 Å². The molecule has 0 spiro atoms. The summed E-state index contributed by atoms with van der Waals surface area (Å²) in [4.78, 5) is 0. The second-order valence-corrected chi connectivity index (χ2v) is 18.5. The van der Waals surface area contributed by atoms with E-state index in [1.165, 1.54) is 36.8 Å². The third-order valence-electron chi connectivity index (χ3n) is 8.27. The normalized spacial score (nSPS) is 19.2. The van der Waals surface area contributed by atoms with E-state index in [0.717, 1.165) is 33.8 Å². The summed E-state index contributed by atoms with van der Waals surface area (Å²) in [5.74, 6) is 2.62. The molecule has 2 unspecified atom stereocenters. The first kappa shape index (κ1) is 33.2. The number of phenolic OH excluding ortho intramolecular Hbond substituents is 2. The summed E-state index contributed by atoms with van der Waals surface area (Å²) in [6.45, 7) is 26.7. The lowest BCUT2D eigenvalue weighted by atomic mass is 9.79. The molecule has 4 heteroatoms. The number of hydrogen-bond acceptors (Lipinski definition) is 4. The Morgan fingerprint density at radius 3 is 1.15 bits per heavy atom. The minimum atomic E-state index is -0.108. The molecule has 1 aliphatic rings. The van der Waals surface area contributed by atoms with Crippen LogP contribution in [0.25, 0.3) is 0 Å². The lowest BCUT2D eigenvalue weighted by molar-refractivity contribution is 0.439. The molecule has 1 aliphatic carbocycles. The topological polar surface area (TPSA) is 40.5 Å². The fraction of sp³-hybridized carbons (Fsp3) is 0.667. The molecule has 0 aromatic heterocycles. The molecule has 0 radical (unpaired) electrons. The monoisotopic (exact) mass is 584 g/mol. The van der Waals surface area contributed by atoms with Crippen LogP contribution >= 0.6 is 23.5 Å². The predicted octanol–water partition coefficient (Wildman–Crippen LogP) is 10.8. The summed E-state index contributed by atoms with van der Waals surface area (Å²) >= 11 is 4.04. The lowest BCUT2D eigenvalue weighted by Crippen LogP contribution is -2.25. The van der Waals surface area contributed by atoms with Crippen molar-refractivity contribution in [3.63, 3.8) is 0 Å². The van der Waals surface area contributed by atoms with E-state index in [9.17, 15) is 10.2 Å². The Bertz CT molecular complexity index is 1080. The van der Waals surface area contributed by atoms with Gasteiger partial charge in [0.25, 0.3) is 0 Å². The van der Waals surface area contributed by atoms with Crippen LogP contribution in [0.2, 0.25) is 0 Å². The first-order chi connectivity index (χ1) is 18.2. The Morgan fingerprint density at radius 1 is 0.550 bits per heavy atom. The van der Waals surface area contributed by atoms with Gasteiger partial charge < -0.3 is 10.2 Å². The van der Waals surface area contributed by atoms with Crippen LogP contribution in [0, 0.1) is 0 Å². The SMILES string of the molecule is CC(C)(C)c1cc(CSC2CCCCC2SCc2cc(C(C)(C)C)cc(C(C)(C)C)c2O)c(O)c(C(C)(C)C)c1. The van der Waals surface area contributed by atoms with Gasteiger partial charge in [-0.1, -0.05) is 120 Å². The van der Waals surface area contributed by atoms with Gasteiger partial charge >= 0.3 is 0 Å². The standard InChI is InChI=1S/C36H56O2S2/c1-33(2,3)25-17-23(31(37)27(19-25)35(7,8)9)21-39-29-15-13-14-16-30(29)40-22-24-18-26(34(4,5)6)20-28(32(24)38)36(10,11)12/h17-20,29-30,37-38H,13-16,21-22H2,1-12H3. The molecule has 2 N–H and O–H groups in total. The van der Waals surface area contributed by atoms with Crippen molar-refractivity contribution in [1.29, 1.82) is 0 Å². The minimum Gasteiger partial charge on any atom is -0.507 e. The summed E-state index contributed by atoms with van der Waals surface area (Å²) < 4.78 is 0. The summed E-state index contributed by atoms with van der Waals surface area (Å²) in [6, 6.07) is 8.92. The summed E-state index contributed by atoms with van der Waals surface area (Å²) in [7, 11) is 0. The molecule has 0 saturated heterocycles. The molecule has 2 aromatic carbocycles. The Balaban J connectivity index is 1.84. The highest BCUT2D eigenvalue weighted by atomic mass is 32.2. The molecule has 3 rings (SSSR count). The van der Waals surface area contributed by atoms with Gasteiger partial charge in [-0.3, -0.25) is 0 Å². The number of phenols is 2. The van der Waals surface area contributed by atoms with E-state index in [0.29, 0.717) is 22.0 Å². The molecule has 1 fully saturated rings. The summed E-state index contributed by atoms with van der Waals surface area (Å²) in [5.41, 5.74) is 6.69. The van der Waals surface area contributed by atoms with Crippen molar-refractivity contribution in [3.05, 3.63) is 57.6 Å². The highest BCUT2D eigenvalue weighted by Crippen LogP contribution is 2.44.